The van der Waals surface area contributed by atoms with Gasteiger partial charge in [0, 0.05) is 23.3 Å². The molecule has 0 spiro atoms. The Bertz CT molecular complexity index is 1440. The highest BCUT2D eigenvalue weighted by Gasteiger charge is 2.50. The Labute approximate surface area is 195 Å². The van der Waals surface area contributed by atoms with E-state index < -0.39 is 28.6 Å². The summed E-state index contributed by atoms with van der Waals surface area (Å²) in [5.41, 5.74) is -0.127. The van der Waals surface area contributed by atoms with E-state index in [2.05, 4.69) is 0 Å². The molecule has 0 unspecified atom stereocenters. The van der Waals surface area contributed by atoms with Gasteiger partial charge in [-0.05, 0) is 34.5 Å². The average molecular weight is 452 g/mol. The van der Waals surface area contributed by atoms with Crippen LogP contribution in [0.2, 0.25) is 0 Å². The second kappa shape index (κ2) is 8.20. The second-order valence-electron chi connectivity index (χ2n) is 8.31. The van der Waals surface area contributed by atoms with Crippen LogP contribution in [0.25, 0.3) is 10.8 Å². The smallest absolute Gasteiger partial charge is 0.269 e. The topological polar surface area (TPSA) is 101 Å². The predicted molar refractivity (Wildman–Crippen MR) is 128 cm³/mol. The van der Waals surface area contributed by atoms with Crippen molar-refractivity contribution >= 4 is 33.8 Å². The highest BCUT2D eigenvalue weighted by atomic mass is 16.6. The molecule has 1 heterocycles. The molecule has 0 aliphatic carbocycles. The first kappa shape index (κ1) is 21.5. The number of non-ortho nitro benzene ring substituents is 1. The number of aliphatic hydroxyl groups is 1. The zero-order valence-corrected chi connectivity index (χ0v) is 18.0. The van der Waals surface area contributed by atoms with E-state index in [4.69, 9.17) is 0 Å². The molecule has 5 rings (SSSR count). The molecule has 34 heavy (non-hydrogen) atoms. The van der Waals surface area contributed by atoms with Gasteiger partial charge in [-0.25, -0.2) is 0 Å². The number of carbonyl (C=O) groups is 2. The van der Waals surface area contributed by atoms with E-state index in [0.717, 1.165) is 16.3 Å². The Morgan fingerprint density at radius 2 is 1.59 bits per heavy atom. The third-order valence-electron chi connectivity index (χ3n) is 6.26. The van der Waals surface area contributed by atoms with Crippen LogP contribution in [0.3, 0.4) is 0 Å². The standard InChI is InChI=1S/C27H20N2O5/c30-25(19-12-14-21(15-13-19)29(33)34)16-27(32)23-10-3-4-11-24(23)28(26(27)31)17-20-8-5-7-18-6-1-2-9-22(18)20/h1-15,32H,16-17H2/t27-/m1/s1. The van der Waals surface area contributed by atoms with E-state index in [0.29, 0.717) is 11.3 Å². The van der Waals surface area contributed by atoms with Crippen molar-refractivity contribution in [1.82, 2.24) is 0 Å². The summed E-state index contributed by atoms with van der Waals surface area (Å²) in [6, 6.07) is 25.8. The molecule has 1 atom stereocenters. The van der Waals surface area contributed by atoms with Crippen LogP contribution in [0.1, 0.15) is 27.9 Å². The van der Waals surface area contributed by atoms with Crippen molar-refractivity contribution in [1.29, 1.82) is 0 Å². The first-order valence-corrected chi connectivity index (χ1v) is 10.8. The minimum absolute atomic E-state index is 0.140. The fourth-order valence-electron chi connectivity index (χ4n) is 4.54. The minimum Gasteiger partial charge on any atom is -0.375 e. The van der Waals surface area contributed by atoms with Gasteiger partial charge in [0.15, 0.2) is 11.4 Å². The first-order valence-electron chi connectivity index (χ1n) is 10.8. The number of nitro groups is 1. The number of nitro benzene ring substituents is 1. The van der Waals surface area contributed by atoms with Crippen LogP contribution in [0.15, 0.2) is 91.0 Å². The number of para-hydroxylation sites is 1. The number of fused-ring (bicyclic) bond motifs is 2. The van der Waals surface area contributed by atoms with Crippen LogP contribution >= 0.6 is 0 Å². The first-order chi connectivity index (χ1) is 16.4. The Hall–Kier alpha value is -4.36. The number of carbonyl (C=O) groups excluding carboxylic acids is 2. The molecule has 0 saturated heterocycles. The van der Waals surface area contributed by atoms with E-state index in [9.17, 15) is 24.8 Å². The van der Waals surface area contributed by atoms with Crippen LogP contribution in [0.5, 0.6) is 0 Å². The third-order valence-corrected chi connectivity index (χ3v) is 6.26. The fourth-order valence-corrected chi connectivity index (χ4v) is 4.54. The second-order valence-corrected chi connectivity index (χ2v) is 8.31. The number of hydrogen-bond acceptors (Lipinski definition) is 5. The predicted octanol–water partition coefficient (Wildman–Crippen LogP) is 4.76. The molecule has 7 heteroatoms. The lowest BCUT2D eigenvalue weighted by molar-refractivity contribution is -0.384. The number of ketones is 1. The number of benzene rings is 4. The van der Waals surface area contributed by atoms with Crippen molar-refractivity contribution in [2.75, 3.05) is 4.90 Å². The number of rotatable bonds is 6. The Morgan fingerprint density at radius 3 is 2.35 bits per heavy atom. The maximum Gasteiger partial charge on any atom is 0.269 e. The van der Waals surface area contributed by atoms with E-state index in [1.807, 2.05) is 42.5 Å². The number of anilines is 1. The Balaban J connectivity index is 1.48. The average Bonchev–Trinajstić information content (AvgIpc) is 3.06. The molecule has 4 aromatic carbocycles. The zero-order chi connectivity index (χ0) is 23.9. The summed E-state index contributed by atoms with van der Waals surface area (Å²) >= 11 is 0. The maximum absolute atomic E-state index is 13.6. The summed E-state index contributed by atoms with van der Waals surface area (Å²) in [7, 11) is 0. The van der Waals surface area contributed by atoms with Gasteiger partial charge in [-0.1, -0.05) is 60.7 Å². The lowest BCUT2D eigenvalue weighted by Crippen LogP contribution is -2.41. The normalized spacial score (nSPS) is 17.1. The van der Waals surface area contributed by atoms with Crippen LogP contribution in [-0.4, -0.2) is 21.7 Å². The molecule has 0 fully saturated rings. The molecule has 1 aliphatic heterocycles. The van der Waals surface area contributed by atoms with Crippen molar-refractivity contribution in [3.63, 3.8) is 0 Å². The van der Waals surface area contributed by atoms with Gasteiger partial charge in [0.1, 0.15) is 0 Å². The van der Waals surface area contributed by atoms with Gasteiger partial charge >= 0.3 is 0 Å². The van der Waals surface area contributed by atoms with Gasteiger partial charge in [0.25, 0.3) is 11.6 Å². The van der Waals surface area contributed by atoms with E-state index >= 15 is 0 Å². The van der Waals surface area contributed by atoms with Crippen LogP contribution in [-0.2, 0) is 16.9 Å². The molecule has 1 aliphatic rings. The van der Waals surface area contributed by atoms with Crippen molar-refractivity contribution in [2.24, 2.45) is 0 Å². The third kappa shape index (κ3) is 3.52. The summed E-state index contributed by atoms with van der Waals surface area (Å²) in [5, 5.41) is 24.5. The summed E-state index contributed by atoms with van der Waals surface area (Å²) in [6.07, 6.45) is -0.466. The lowest BCUT2D eigenvalue weighted by Gasteiger charge is -2.23. The SMILES string of the molecule is O=C(C[C@]1(O)C(=O)N(Cc2cccc3ccccc23)c2ccccc21)c1ccc([N+](=O)[O-])cc1. The monoisotopic (exact) mass is 452 g/mol. The number of hydrogen-bond donors (Lipinski definition) is 1. The molecule has 1 N–H and O–H groups in total. The molecular weight excluding hydrogens is 432 g/mol. The number of nitrogens with zero attached hydrogens (tertiary/aromatic N) is 2. The van der Waals surface area contributed by atoms with E-state index in [-0.39, 0.29) is 17.8 Å². The molecule has 7 nitrogen and oxygen atoms in total. The maximum atomic E-state index is 13.6. The zero-order valence-electron chi connectivity index (χ0n) is 18.0. The van der Waals surface area contributed by atoms with Gasteiger partial charge in [0.05, 0.1) is 23.6 Å². The van der Waals surface area contributed by atoms with Gasteiger partial charge in [0.2, 0.25) is 0 Å². The van der Waals surface area contributed by atoms with E-state index in [1.165, 1.54) is 29.2 Å². The molecule has 1 amide bonds. The molecule has 4 aromatic rings. The Morgan fingerprint density at radius 1 is 0.912 bits per heavy atom. The van der Waals surface area contributed by atoms with Crippen LogP contribution in [0, 0.1) is 10.1 Å². The van der Waals surface area contributed by atoms with Crippen molar-refractivity contribution < 1.29 is 19.6 Å². The largest absolute Gasteiger partial charge is 0.375 e. The summed E-state index contributed by atoms with van der Waals surface area (Å²) < 4.78 is 0. The number of Topliss-reactive ketones (excluding diaryl/α,β-unsaturated/α-hetero) is 1. The molecule has 0 aromatic heterocycles. The lowest BCUT2D eigenvalue weighted by atomic mass is 9.88. The van der Waals surface area contributed by atoms with Crippen LogP contribution < -0.4 is 4.90 Å². The van der Waals surface area contributed by atoms with Gasteiger partial charge in [-0.2, -0.15) is 0 Å². The number of amides is 1. The van der Waals surface area contributed by atoms with Crippen molar-refractivity contribution in [3.8, 4) is 0 Å². The van der Waals surface area contributed by atoms with Gasteiger partial charge < -0.3 is 10.0 Å². The highest BCUT2D eigenvalue weighted by molar-refractivity contribution is 6.11. The molecule has 168 valence electrons. The van der Waals surface area contributed by atoms with Crippen LogP contribution in [0.4, 0.5) is 11.4 Å². The molecule has 0 radical (unpaired) electrons. The molecule has 0 saturated carbocycles. The minimum atomic E-state index is -2.03. The fraction of sp³-hybridized carbons (Fsp3) is 0.111. The summed E-state index contributed by atoms with van der Waals surface area (Å²) in [6.45, 7) is 0.241. The highest BCUT2D eigenvalue weighted by Crippen LogP contribution is 2.44. The van der Waals surface area contributed by atoms with Crippen molar-refractivity contribution in [2.45, 2.75) is 18.6 Å². The quantitative estimate of drug-likeness (QED) is 0.258. The molecule has 0 bridgehead atoms. The summed E-state index contributed by atoms with van der Waals surface area (Å²) in [4.78, 5) is 38.4. The van der Waals surface area contributed by atoms with Crippen molar-refractivity contribution in [3.05, 3.63) is 118 Å². The van der Waals surface area contributed by atoms with Gasteiger partial charge in [-0.3, -0.25) is 19.7 Å². The summed E-state index contributed by atoms with van der Waals surface area (Å²) in [5.74, 6) is -1.05. The van der Waals surface area contributed by atoms with E-state index in [1.54, 1.807) is 24.3 Å². The molecular formula is C27H20N2O5. The Kier molecular flexibility index (Phi) is 5.18. The van der Waals surface area contributed by atoms with Gasteiger partial charge in [-0.15, -0.1) is 0 Å².